The molecule has 0 aliphatic heterocycles. The quantitative estimate of drug-likeness (QED) is 0.624. The van der Waals surface area contributed by atoms with Crippen molar-refractivity contribution in [1.29, 1.82) is 5.41 Å². The van der Waals surface area contributed by atoms with Crippen LogP contribution in [0.15, 0.2) is 48.8 Å². The number of hydrogen-bond donors (Lipinski definition) is 2. The molecule has 2 aromatic rings. The molecule has 2 rings (SSSR count). The van der Waals surface area contributed by atoms with E-state index < -0.39 is 0 Å². The molecule has 0 fully saturated rings. The highest BCUT2D eigenvalue weighted by atomic mass is 16.5. The third-order valence-electron chi connectivity index (χ3n) is 2.79. The molecule has 20 heavy (non-hydrogen) atoms. The number of nitrogens with one attached hydrogen (secondary N) is 2. The number of nitrogens with zero attached hydrogens (tertiary/aromatic N) is 1. The summed E-state index contributed by atoms with van der Waals surface area (Å²) in [7, 11) is 0. The van der Waals surface area contributed by atoms with Crippen molar-refractivity contribution in [2.75, 3.05) is 11.9 Å². The van der Waals surface area contributed by atoms with E-state index in [-0.39, 0.29) is 5.90 Å². The van der Waals surface area contributed by atoms with E-state index in [0.29, 0.717) is 12.2 Å². The highest BCUT2D eigenvalue weighted by Crippen LogP contribution is 2.11. The van der Waals surface area contributed by atoms with Crippen molar-refractivity contribution in [3.63, 3.8) is 0 Å². The second-order valence-corrected chi connectivity index (χ2v) is 4.48. The van der Waals surface area contributed by atoms with Crippen molar-refractivity contribution in [1.82, 2.24) is 4.98 Å². The number of hydrogen-bond acceptors (Lipinski definition) is 4. The first-order valence-corrected chi connectivity index (χ1v) is 6.74. The van der Waals surface area contributed by atoms with Crippen LogP contribution in [0.5, 0.6) is 0 Å². The summed E-state index contributed by atoms with van der Waals surface area (Å²) in [6, 6.07) is 12.0. The first-order valence-electron chi connectivity index (χ1n) is 6.74. The molecular formula is C16H19N3O. The lowest BCUT2D eigenvalue weighted by molar-refractivity contribution is 0.303. The van der Waals surface area contributed by atoms with Gasteiger partial charge in [0.1, 0.15) is 0 Å². The Bertz CT molecular complexity index is 555. The lowest BCUT2D eigenvalue weighted by Gasteiger charge is -2.09. The minimum Gasteiger partial charge on any atom is -0.478 e. The van der Waals surface area contributed by atoms with E-state index in [0.717, 1.165) is 18.7 Å². The fourth-order valence-corrected chi connectivity index (χ4v) is 1.75. The van der Waals surface area contributed by atoms with Crippen molar-refractivity contribution in [3.05, 3.63) is 59.9 Å². The topological polar surface area (TPSA) is 58.0 Å². The highest BCUT2D eigenvalue weighted by Gasteiger charge is 2.04. The van der Waals surface area contributed by atoms with E-state index in [1.807, 2.05) is 31.2 Å². The van der Waals surface area contributed by atoms with Crippen LogP contribution in [0.3, 0.4) is 0 Å². The van der Waals surface area contributed by atoms with E-state index in [2.05, 4.69) is 22.4 Å². The van der Waals surface area contributed by atoms with Gasteiger partial charge >= 0.3 is 0 Å². The summed E-state index contributed by atoms with van der Waals surface area (Å²) in [4.78, 5) is 4.14. The van der Waals surface area contributed by atoms with E-state index in [1.54, 1.807) is 12.4 Å². The lowest BCUT2D eigenvalue weighted by atomic mass is 10.2. The number of rotatable bonds is 6. The second-order valence-electron chi connectivity index (χ2n) is 4.48. The molecule has 1 aromatic carbocycles. The van der Waals surface area contributed by atoms with Gasteiger partial charge in [-0.15, -0.1) is 0 Å². The third kappa shape index (κ3) is 4.09. The molecule has 0 radical (unpaired) electrons. The Balaban J connectivity index is 1.97. The molecule has 0 spiro atoms. The molecule has 0 aliphatic rings. The van der Waals surface area contributed by atoms with Crippen LogP contribution >= 0.6 is 0 Å². The molecule has 0 unspecified atom stereocenters. The molecule has 4 nitrogen and oxygen atoms in total. The van der Waals surface area contributed by atoms with Crippen molar-refractivity contribution < 1.29 is 4.74 Å². The Morgan fingerprint density at radius 2 is 2.05 bits per heavy atom. The molecule has 0 saturated carbocycles. The molecule has 0 bridgehead atoms. The van der Waals surface area contributed by atoms with Gasteiger partial charge in [0, 0.05) is 18.9 Å². The molecule has 1 aromatic heterocycles. The zero-order chi connectivity index (χ0) is 14.2. The second kappa shape index (κ2) is 7.28. The van der Waals surface area contributed by atoms with Gasteiger partial charge in [0.15, 0.2) is 0 Å². The van der Waals surface area contributed by atoms with Gasteiger partial charge in [-0.2, -0.15) is 0 Å². The highest BCUT2D eigenvalue weighted by molar-refractivity contribution is 5.92. The number of aromatic nitrogens is 1. The maximum atomic E-state index is 7.84. The SMILES string of the molecule is CCCOC(=N)c1cncc(NCc2ccccc2)c1. The molecular weight excluding hydrogens is 250 g/mol. The summed E-state index contributed by atoms with van der Waals surface area (Å²) >= 11 is 0. The average Bonchev–Trinajstić information content (AvgIpc) is 2.52. The third-order valence-corrected chi connectivity index (χ3v) is 2.79. The van der Waals surface area contributed by atoms with Crippen LogP contribution < -0.4 is 5.32 Å². The number of pyridine rings is 1. The summed E-state index contributed by atoms with van der Waals surface area (Å²) in [6.07, 6.45) is 4.28. The number of anilines is 1. The van der Waals surface area contributed by atoms with E-state index in [4.69, 9.17) is 10.1 Å². The Morgan fingerprint density at radius 3 is 2.80 bits per heavy atom. The van der Waals surface area contributed by atoms with Gasteiger partial charge < -0.3 is 10.1 Å². The fraction of sp³-hybridized carbons (Fsp3) is 0.250. The van der Waals surface area contributed by atoms with Crippen LogP contribution in [0.4, 0.5) is 5.69 Å². The van der Waals surface area contributed by atoms with E-state index in [1.165, 1.54) is 5.56 Å². The molecule has 4 heteroatoms. The predicted molar refractivity (Wildman–Crippen MR) is 81.1 cm³/mol. The number of benzene rings is 1. The molecule has 1 heterocycles. The van der Waals surface area contributed by atoms with Crippen LogP contribution in [0.2, 0.25) is 0 Å². The molecule has 0 atom stereocenters. The number of ether oxygens (including phenoxy) is 1. The van der Waals surface area contributed by atoms with Gasteiger partial charge in [0.05, 0.1) is 17.9 Å². The Hall–Kier alpha value is -2.36. The van der Waals surface area contributed by atoms with Crippen LogP contribution in [0, 0.1) is 5.41 Å². The van der Waals surface area contributed by atoms with Gasteiger partial charge in [-0.05, 0) is 18.1 Å². The van der Waals surface area contributed by atoms with Gasteiger partial charge in [-0.1, -0.05) is 37.3 Å². The normalized spacial score (nSPS) is 10.1. The predicted octanol–water partition coefficient (Wildman–Crippen LogP) is 3.45. The maximum absolute atomic E-state index is 7.84. The van der Waals surface area contributed by atoms with Crippen molar-refractivity contribution in [3.8, 4) is 0 Å². The van der Waals surface area contributed by atoms with Gasteiger partial charge in [0.25, 0.3) is 0 Å². The smallest absolute Gasteiger partial charge is 0.214 e. The van der Waals surface area contributed by atoms with Crippen LogP contribution in [0.25, 0.3) is 0 Å². The Labute approximate surface area is 119 Å². The zero-order valence-corrected chi connectivity index (χ0v) is 11.6. The van der Waals surface area contributed by atoms with Crippen LogP contribution in [-0.2, 0) is 11.3 Å². The lowest BCUT2D eigenvalue weighted by Crippen LogP contribution is -2.07. The molecule has 2 N–H and O–H groups in total. The Morgan fingerprint density at radius 1 is 1.25 bits per heavy atom. The van der Waals surface area contributed by atoms with E-state index in [9.17, 15) is 0 Å². The summed E-state index contributed by atoms with van der Waals surface area (Å²) in [5.74, 6) is 0.169. The molecule has 104 valence electrons. The largest absolute Gasteiger partial charge is 0.478 e. The summed E-state index contributed by atoms with van der Waals surface area (Å²) < 4.78 is 5.31. The molecule has 0 amide bonds. The monoisotopic (exact) mass is 269 g/mol. The van der Waals surface area contributed by atoms with Crippen molar-refractivity contribution in [2.45, 2.75) is 19.9 Å². The summed E-state index contributed by atoms with van der Waals surface area (Å²) in [5, 5.41) is 11.1. The minimum absolute atomic E-state index is 0.169. The van der Waals surface area contributed by atoms with Crippen LogP contribution in [0.1, 0.15) is 24.5 Å². The van der Waals surface area contributed by atoms with Crippen LogP contribution in [-0.4, -0.2) is 17.5 Å². The van der Waals surface area contributed by atoms with Gasteiger partial charge in [0.2, 0.25) is 5.90 Å². The Kier molecular flexibility index (Phi) is 5.12. The molecule has 0 saturated heterocycles. The van der Waals surface area contributed by atoms with Crippen molar-refractivity contribution >= 4 is 11.6 Å². The molecule has 0 aliphatic carbocycles. The maximum Gasteiger partial charge on any atom is 0.214 e. The van der Waals surface area contributed by atoms with Gasteiger partial charge in [-0.3, -0.25) is 10.4 Å². The standard InChI is InChI=1S/C16H19N3O/c1-2-8-20-16(17)14-9-15(12-18-11-14)19-10-13-6-4-3-5-7-13/h3-7,9,11-12,17,19H,2,8,10H2,1H3. The van der Waals surface area contributed by atoms with Crippen molar-refractivity contribution in [2.24, 2.45) is 0 Å². The fourth-order valence-electron chi connectivity index (χ4n) is 1.75. The van der Waals surface area contributed by atoms with E-state index >= 15 is 0 Å². The minimum atomic E-state index is 0.169. The summed E-state index contributed by atoms with van der Waals surface area (Å²) in [6.45, 7) is 3.30. The van der Waals surface area contributed by atoms with Gasteiger partial charge in [-0.25, -0.2) is 0 Å². The zero-order valence-electron chi connectivity index (χ0n) is 11.6. The summed E-state index contributed by atoms with van der Waals surface area (Å²) in [5.41, 5.74) is 2.78. The first kappa shape index (κ1) is 14.1. The average molecular weight is 269 g/mol. The first-order chi connectivity index (χ1) is 9.79.